The van der Waals surface area contributed by atoms with Crippen molar-refractivity contribution in [1.29, 1.82) is 0 Å². The number of nitrogens with zero attached hydrogens (tertiary/aromatic N) is 8. The Morgan fingerprint density at radius 3 is 1.86 bits per heavy atom. The van der Waals surface area contributed by atoms with Crippen molar-refractivity contribution in [2.45, 2.75) is 51.6 Å². The standard InChI is InChI=1S/C23H23N5O4.C20H23N5O2/c29-20(15-8-9-15)25-23-24-19-5-1-4-18(28(19)26-23)14-6-10-16(11-7-14)21(30)27-12-2-3-17(13-27)22(31)32;1-2-27-16-10-12-24(13-11-16)19(26)15-8-6-14(7-9-15)17-4-3-5-18-22-20(21)23-25(17)18/h1,4-7,10-11,15,17H,2-3,8-9,12-13H2,(H,31,32)(H,25,26,29);3-9,16H,2,10-13H2,1H3,(H2,21,23). The third kappa shape index (κ3) is 8.77. The lowest BCUT2D eigenvalue weighted by Crippen LogP contribution is -2.42. The number of rotatable bonds is 9. The second-order valence-corrected chi connectivity index (χ2v) is 15.1. The number of hydrogen-bond donors (Lipinski definition) is 3. The predicted octanol–water partition coefficient (Wildman–Crippen LogP) is 5.30. The number of pyridine rings is 2. The molecule has 6 aromatic rings. The summed E-state index contributed by atoms with van der Waals surface area (Å²) in [4.78, 5) is 61.0. The number of anilines is 2. The van der Waals surface area contributed by atoms with Crippen LogP contribution in [-0.4, -0.2) is 107 Å². The minimum atomic E-state index is -0.855. The molecule has 3 amide bonds. The lowest BCUT2D eigenvalue weighted by molar-refractivity contribution is -0.143. The summed E-state index contributed by atoms with van der Waals surface area (Å²) in [7, 11) is 0. The first-order valence-corrected chi connectivity index (χ1v) is 20.1. The topological polar surface area (TPSA) is 203 Å². The van der Waals surface area contributed by atoms with Gasteiger partial charge in [0.15, 0.2) is 11.3 Å². The second-order valence-electron chi connectivity index (χ2n) is 15.1. The normalized spacial score (nSPS) is 17.1. The fraction of sp³-hybridized carbons (Fsp3) is 0.349. The zero-order chi connectivity index (χ0) is 41.0. The van der Waals surface area contributed by atoms with Crippen molar-refractivity contribution in [1.82, 2.24) is 39.0 Å². The molecule has 1 unspecified atom stereocenters. The van der Waals surface area contributed by atoms with Crippen LogP contribution in [0.15, 0.2) is 84.9 Å². The molecule has 0 radical (unpaired) electrons. The zero-order valence-electron chi connectivity index (χ0n) is 32.7. The summed E-state index contributed by atoms with van der Waals surface area (Å²) in [5.41, 5.74) is 11.7. The second kappa shape index (κ2) is 17.0. The average Bonchev–Trinajstić information content (AvgIpc) is 3.93. The minimum absolute atomic E-state index is 0.0480. The molecule has 2 aliphatic heterocycles. The Kier molecular flexibility index (Phi) is 11.3. The number of fused-ring (bicyclic) bond motifs is 2. The first kappa shape index (κ1) is 39.2. The summed E-state index contributed by atoms with van der Waals surface area (Å²) in [5.74, 6) is -0.918. The molecule has 16 heteroatoms. The van der Waals surface area contributed by atoms with Crippen molar-refractivity contribution in [3.05, 3.63) is 96.1 Å². The quantitative estimate of drug-likeness (QED) is 0.171. The van der Waals surface area contributed by atoms with Crippen LogP contribution in [0, 0.1) is 11.8 Å². The summed E-state index contributed by atoms with van der Waals surface area (Å²) in [6, 6.07) is 26.1. The van der Waals surface area contributed by atoms with Crippen LogP contribution in [-0.2, 0) is 14.3 Å². The fourth-order valence-corrected chi connectivity index (χ4v) is 7.63. The van der Waals surface area contributed by atoms with Crippen molar-refractivity contribution in [3.63, 3.8) is 0 Å². The summed E-state index contributed by atoms with van der Waals surface area (Å²) in [6.07, 6.45) is 5.17. The molecular weight excluding hydrogens is 753 g/mol. The molecule has 9 rings (SSSR count). The number of hydrogen-bond acceptors (Lipinski definition) is 10. The van der Waals surface area contributed by atoms with Gasteiger partial charge in [0.1, 0.15) is 0 Å². The van der Waals surface area contributed by atoms with Gasteiger partial charge >= 0.3 is 5.97 Å². The number of nitrogen functional groups attached to an aromatic ring is 1. The summed E-state index contributed by atoms with van der Waals surface area (Å²) in [5, 5.41) is 20.7. The number of carboxylic acid groups (broad SMARTS) is 1. The molecule has 2 aromatic carbocycles. The Bertz CT molecular complexity index is 2490. The number of nitrogens with two attached hydrogens (primary N) is 1. The number of aromatic nitrogens is 6. The highest BCUT2D eigenvalue weighted by Gasteiger charge is 2.31. The van der Waals surface area contributed by atoms with E-state index in [-0.39, 0.29) is 48.2 Å². The monoisotopic (exact) mass is 798 g/mol. The van der Waals surface area contributed by atoms with Crippen LogP contribution in [0.25, 0.3) is 33.8 Å². The van der Waals surface area contributed by atoms with Crippen LogP contribution in [0.2, 0.25) is 0 Å². The maximum atomic E-state index is 12.9. The van der Waals surface area contributed by atoms with E-state index in [1.807, 2.05) is 84.6 Å². The Balaban J connectivity index is 0.000000167. The van der Waals surface area contributed by atoms with E-state index in [1.54, 1.807) is 26.1 Å². The van der Waals surface area contributed by atoms with Gasteiger partial charge in [0.05, 0.1) is 23.4 Å². The van der Waals surface area contributed by atoms with Gasteiger partial charge in [0.2, 0.25) is 17.8 Å². The third-order valence-electron chi connectivity index (χ3n) is 11.0. The molecule has 304 valence electrons. The molecule has 2 saturated heterocycles. The molecule has 6 heterocycles. The van der Waals surface area contributed by atoms with Crippen LogP contribution in [0.5, 0.6) is 0 Å². The van der Waals surface area contributed by atoms with Crippen LogP contribution < -0.4 is 11.1 Å². The SMILES string of the molecule is CCOC1CCN(C(=O)c2ccc(-c3cccc4nc(N)nn34)cc2)CC1.O=C(O)C1CCCN(C(=O)c2ccc(-c3cccc4nc(NC(=O)C5CC5)nn34)cc2)C1. The molecular formula is C43H46N10O6. The molecule has 0 spiro atoms. The minimum Gasteiger partial charge on any atom is -0.481 e. The van der Waals surface area contributed by atoms with Gasteiger partial charge in [-0.15, -0.1) is 10.2 Å². The van der Waals surface area contributed by atoms with Gasteiger partial charge in [-0.25, -0.2) is 9.03 Å². The number of aliphatic carboxylic acids is 1. The molecule has 0 bridgehead atoms. The highest BCUT2D eigenvalue weighted by atomic mass is 16.5. The van der Waals surface area contributed by atoms with E-state index in [0.29, 0.717) is 41.8 Å². The molecule has 1 aliphatic carbocycles. The van der Waals surface area contributed by atoms with Crippen molar-refractivity contribution in [3.8, 4) is 22.5 Å². The van der Waals surface area contributed by atoms with Gasteiger partial charge in [-0.05, 0) is 94.0 Å². The first-order valence-electron chi connectivity index (χ1n) is 20.1. The largest absolute Gasteiger partial charge is 0.481 e. The lowest BCUT2D eigenvalue weighted by atomic mass is 9.97. The average molecular weight is 799 g/mol. The Morgan fingerprint density at radius 2 is 1.29 bits per heavy atom. The maximum absolute atomic E-state index is 12.9. The summed E-state index contributed by atoms with van der Waals surface area (Å²) in [6.45, 7) is 5.02. The van der Waals surface area contributed by atoms with Crippen molar-refractivity contribution >= 4 is 46.9 Å². The predicted molar refractivity (Wildman–Crippen MR) is 219 cm³/mol. The van der Waals surface area contributed by atoms with E-state index in [2.05, 4.69) is 25.5 Å². The van der Waals surface area contributed by atoms with Crippen molar-refractivity contribution in [2.24, 2.45) is 11.8 Å². The smallest absolute Gasteiger partial charge is 0.308 e. The third-order valence-corrected chi connectivity index (χ3v) is 11.0. The summed E-state index contributed by atoms with van der Waals surface area (Å²) >= 11 is 0. The van der Waals surface area contributed by atoms with Gasteiger partial charge in [-0.1, -0.05) is 36.4 Å². The molecule has 1 saturated carbocycles. The Morgan fingerprint density at radius 1 is 0.712 bits per heavy atom. The van der Waals surface area contributed by atoms with Gasteiger partial charge < -0.3 is 25.4 Å². The number of nitrogens with one attached hydrogen (secondary N) is 1. The highest BCUT2D eigenvalue weighted by molar-refractivity contribution is 5.96. The number of carboxylic acids is 1. The van der Waals surface area contributed by atoms with E-state index in [9.17, 15) is 24.3 Å². The van der Waals surface area contributed by atoms with E-state index < -0.39 is 11.9 Å². The summed E-state index contributed by atoms with van der Waals surface area (Å²) < 4.78 is 9.04. The van der Waals surface area contributed by atoms with Crippen molar-refractivity contribution < 1.29 is 29.0 Å². The van der Waals surface area contributed by atoms with Gasteiger partial charge in [0.25, 0.3) is 11.8 Å². The van der Waals surface area contributed by atoms with Gasteiger partial charge in [-0.2, -0.15) is 9.97 Å². The number of carbonyl (C=O) groups excluding carboxylic acids is 3. The van der Waals surface area contributed by atoms with Crippen molar-refractivity contribution in [2.75, 3.05) is 43.8 Å². The van der Waals surface area contributed by atoms with Gasteiger partial charge in [0, 0.05) is 61.0 Å². The van der Waals surface area contributed by atoms with Gasteiger partial charge in [-0.3, -0.25) is 24.5 Å². The molecule has 3 aliphatic rings. The molecule has 16 nitrogen and oxygen atoms in total. The molecule has 59 heavy (non-hydrogen) atoms. The number of likely N-dealkylation sites (tertiary alicyclic amines) is 2. The van der Waals surface area contributed by atoms with E-state index in [0.717, 1.165) is 67.9 Å². The van der Waals surface area contributed by atoms with E-state index in [4.69, 9.17) is 10.5 Å². The van der Waals surface area contributed by atoms with Crippen LogP contribution >= 0.6 is 0 Å². The van der Waals surface area contributed by atoms with Crippen LogP contribution in [0.3, 0.4) is 0 Å². The van der Waals surface area contributed by atoms with Crippen LogP contribution in [0.1, 0.15) is 66.2 Å². The molecule has 4 aromatic heterocycles. The zero-order valence-corrected chi connectivity index (χ0v) is 32.7. The highest BCUT2D eigenvalue weighted by Crippen LogP contribution is 2.30. The van der Waals surface area contributed by atoms with E-state index >= 15 is 0 Å². The first-order chi connectivity index (χ1) is 28.6. The number of piperidine rings is 2. The maximum Gasteiger partial charge on any atom is 0.308 e. The Hall–Kier alpha value is -6.68. The lowest BCUT2D eigenvalue weighted by Gasteiger charge is -2.31. The number of ether oxygens (including phenoxy) is 1. The molecule has 3 fully saturated rings. The number of amides is 3. The molecule has 4 N–H and O–H groups in total. The van der Waals surface area contributed by atoms with Crippen LogP contribution in [0.4, 0.5) is 11.9 Å². The molecule has 1 atom stereocenters. The Labute approximate surface area is 340 Å². The number of carbonyl (C=O) groups is 4. The fourth-order valence-electron chi connectivity index (χ4n) is 7.63. The van der Waals surface area contributed by atoms with E-state index in [1.165, 1.54) is 0 Å². The number of benzene rings is 2.